The maximum atomic E-state index is 12.1. The smallest absolute Gasteiger partial charge is 0.246 e. The van der Waals surface area contributed by atoms with Crippen molar-refractivity contribution in [2.75, 3.05) is 20.6 Å². The predicted octanol–water partition coefficient (Wildman–Crippen LogP) is 4.16. The summed E-state index contributed by atoms with van der Waals surface area (Å²) in [4.78, 5) is 13.7. The zero-order valence-electron chi connectivity index (χ0n) is 15.7. The molecular weight excluding hydrogens is 292 g/mol. The molecule has 0 spiro atoms. The van der Waals surface area contributed by atoms with Gasteiger partial charge in [-0.1, -0.05) is 58.2 Å². The van der Waals surface area contributed by atoms with Crippen molar-refractivity contribution in [3.05, 3.63) is 11.6 Å². The molecule has 0 saturated carbocycles. The second-order valence-electron chi connectivity index (χ2n) is 8.07. The van der Waals surface area contributed by atoms with Crippen LogP contribution in [0.4, 0.5) is 0 Å². The number of nitrogens with zero attached hydrogens (tertiary/aromatic N) is 2. The Morgan fingerprint density at radius 2 is 1.48 bits per heavy atom. The molecule has 124 valence electrons. The van der Waals surface area contributed by atoms with Crippen molar-refractivity contribution < 1.29 is 4.79 Å². The standard InChI is InChI=1S/C16H36N2OSi2/c1-10-11-12-15(13-16(19)17(2)3)14-18(20(4,5)6)21(7,8)9/h13H,10-12,14H2,1-9H3/b15-13+. The highest BCUT2D eigenvalue weighted by Crippen LogP contribution is 2.23. The van der Waals surface area contributed by atoms with Crippen molar-refractivity contribution in [3.8, 4) is 0 Å². The molecule has 0 unspecified atom stereocenters. The van der Waals surface area contributed by atoms with Crippen LogP contribution in [0.2, 0.25) is 39.3 Å². The number of amides is 1. The maximum absolute atomic E-state index is 12.1. The van der Waals surface area contributed by atoms with Crippen LogP contribution in [0.3, 0.4) is 0 Å². The second kappa shape index (κ2) is 8.29. The van der Waals surface area contributed by atoms with Crippen LogP contribution in [0.25, 0.3) is 0 Å². The van der Waals surface area contributed by atoms with Crippen molar-refractivity contribution >= 4 is 22.4 Å². The third kappa shape index (κ3) is 7.97. The molecule has 0 aliphatic carbocycles. The van der Waals surface area contributed by atoms with Gasteiger partial charge in [0.05, 0.1) is 0 Å². The highest BCUT2D eigenvalue weighted by atomic mass is 28.4. The lowest BCUT2D eigenvalue weighted by atomic mass is 10.1. The van der Waals surface area contributed by atoms with Gasteiger partial charge in [-0.25, -0.2) is 0 Å². The van der Waals surface area contributed by atoms with Crippen LogP contribution < -0.4 is 0 Å². The first-order valence-corrected chi connectivity index (χ1v) is 15.0. The van der Waals surface area contributed by atoms with Crippen LogP contribution in [0.5, 0.6) is 0 Å². The summed E-state index contributed by atoms with van der Waals surface area (Å²) >= 11 is 0. The van der Waals surface area contributed by atoms with E-state index in [-0.39, 0.29) is 5.91 Å². The minimum Gasteiger partial charge on any atom is -0.345 e. The molecule has 0 atom stereocenters. The third-order valence-corrected chi connectivity index (χ3v) is 11.2. The van der Waals surface area contributed by atoms with E-state index in [0.717, 1.165) is 19.4 Å². The lowest BCUT2D eigenvalue weighted by Gasteiger charge is -2.44. The summed E-state index contributed by atoms with van der Waals surface area (Å²) in [6.07, 6.45) is 5.26. The van der Waals surface area contributed by atoms with Gasteiger partial charge in [-0.3, -0.25) is 4.79 Å². The Morgan fingerprint density at radius 1 is 1.00 bits per heavy atom. The number of rotatable bonds is 8. The van der Waals surface area contributed by atoms with Crippen LogP contribution in [0.15, 0.2) is 11.6 Å². The van der Waals surface area contributed by atoms with E-state index >= 15 is 0 Å². The Kier molecular flexibility index (Phi) is 8.14. The minimum absolute atomic E-state index is 0.118. The van der Waals surface area contributed by atoms with E-state index in [1.807, 2.05) is 20.2 Å². The molecule has 21 heavy (non-hydrogen) atoms. The van der Waals surface area contributed by atoms with Gasteiger partial charge < -0.3 is 9.13 Å². The molecule has 0 aliphatic heterocycles. The van der Waals surface area contributed by atoms with E-state index in [1.165, 1.54) is 12.0 Å². The van der Waals surface area contributed by atoms with Gasteiger partial charge in [-0.15, -0.1) is 0 Å². The van der Waals surface area contributed by atoms with Crippen molar-refractivity contribution in [3.63, 3.8) is 0 Å². The van der Waals surface area contributed by atoms with Crippen molar-refractivity contribution in [1.29, 1.82) is 0 Å². The monoisotopic (exact) mass is 328 g/mol. The van der Waals surface area contributed by atoms with Crippen LogP contribution in [0.1, 0.15) is 26.2 Å². The average Bonchev–Trinajstić information content (AvgIpc) is 2.28. The lowest BCUT2D eigenvalue weighted by Crippen LogP contribution is -2.59. The fourth-order valence-electron chi connectivity index (χ4n) is 2.59. The summed E-state index contributed by atoms with van der Waals surface area (Å²) in [5.41, 5.74) is 1.31. The highest BCUT2D eigenvalue weighted by Gasteiger charge is 2.34. The molecule has 0 aromatic carbocycles. The van der Waals surface area contributed by atoms with Gasteiger partial charge in [0, 0.05) is 26.7 Å². The largest absolute Gasteiger partial charge is 0.345 e. The molecule has 0 radical (unpaired) electrons. The van der Waals surface area contributed by atoms with Gasteiger partial charge in [0.2, 0.25) is 5.91 Å². The minimum atomic E-state index is -1.37. The van der Waals surface area contributed by atoms with E-state index < -0.39 is 16.5 Å². The summed E-state index contributed by atoms with van der Waals surface area (Å²) in [6, 6.07) is 0. The Labute approximate surface area is 134 Å². The van der Waals surface area contributed by atoms with E-state index in [9.17, 15) is 4.79 Å². The third-order valence-electron chi connectivity index (χ3n) is 3.60. The van der Waals surface area contributed by atoms with E-state index in [0.29, 0.717) is 0 Å². The predicted molar refractivity (Wildman–Crippen MR) is 99.7 cm³/mol. The van der Waals surface area contributed by atoms with Crippen LogP contribution in [0, 0.1) is 0 Å². The molecule has 0 N–H and O–H groups in total. The van der Waals surface area contributed by atoms with Crippen LogP contribution in [-0.2, 0) is 4.79 Å². The molecule has 0 fully saturated rings. The number of carbonyl (C=O) groups excluding carboxylic acids is 1. The van der Waals surface area contributed by atoms with Gasteiger partial charge in [-0.2, -0.15) is 0 Å². The quantitative estimate of drug-likeness (QED) is 0.493. The number of hydrogen-bond acceptors (Lipinski definition) is 2. The summed E-state index contributed by atoms with van der Waals surface area (Å²) in [6.45, 7) is 17.7. The van der Waals surface area contributed by atoms with Crippen molar-refractivity contribution in [2.24, 2.45) is 0 Å². The Hall–Kier alpha value is -0.396. The molecule has 0 aliphatic rings. The molecule has 0 heterocycles. The SMILES string of the molecule is CCCC/C(=C\C(=O)N(C)C)CN([Si](C)(C)C)[Si](C)(C)C. The molecule has 1 amide bonds. The molecule has 5 heteroatoms. The summed E-state index contributed by atoms with van der Waals surface area (Å²) in [5, 5.41) is 0. The number of hydrogen-bond donors (Lipinski definition) is 0. The fourth-order valence-corrected chi connectivity index (χ4v) is 12.0. The first-order chi connectivity index (χ1) is 9.39. The van der Waals surface area contributed by atoms with Crippen molar-refractivity contribution in [1.82, 2.24) is 9.13 Å². The Morgan fingerprint density at radius 3 is 1.81 bits per heavy atom. The molecule has 0 bridgehead atoms. The Balaban J connectivity index is 5.29. The normalized spacial score (nSPS) is 13.7. The van der Waals surface area contributed by atoms with E-state index in [2.05, 4.69) is 50.4 Å². The zero-order valence-corrected chi connectivity index (χ0v) is 17.7. The molecule has 0 saturated heterocycles. The summed E-state index contributed by atoms with van der Waals surface area (Å²) < 4.78 is 2.75. The summed E-state index contributed by atoms with van der Waals surface area (Å²) in [5.74, 6) is 0.118. The van der Waals surface area contributed by atoms with Crippen molar-refractivity contribution in [2.45, 2.75) is 65.5 Å². The van der Waals surface area contributed by atoms with Gasteiger partial charge >= 0.3 is 0 Å². The van der Waals surface area contributed by atoms with Gasteiger partial charge in [0.25, 0.3) is 0 Å². The molecule has 3 nitrogen and oxygen atoms in total. The van der Waals surface area contributed by atoms with Gasteiger partial charge in [0.15, 0.2) is 0 Å². The first-order valence-electron chi connectivity index (χ1n) is 8.08. The van der Waals surface area contributed by atoms with Gasteiger partial charge in [0.1, 0.15) is 16.5 Å². The molecule has 0 aromatic rings. The highest BCUT2D eigenvalue weighted by molar-refractivity contribution is 6.89. The second-order valence-corrected chi connectivity index (χ2v) is 18.3. The molecule has 0 rings (SSSR count). The summed E-state index contributed by atoms with van der Waals surface area (Å²) in [7, 11) is 0.903. The number of carbonyl (C=O) groups is 1. The first kappa shape index (κ1) is 20.6. The number of unbranched alkanes of at least 4 members (excludes halogenated alkanes) is 1. The molecule has 0 aromatic heterocycles. The van der Waals surface area contributed by atoms with Crippen LogP contribution >= 0.6 is 0 Å². The van der Waals surface area contributed by atoms with Crippen LogP contribution in [-0.4, -0.2) is 52.1 Å². The topological polar surface area (TPSA) is 23.6 Å². The maximum Gasteiger partial charge on any atom is 0.246 e. The van der Waals surface area contributed by atoms with E-state index in [1.54, 1.807) is 4.90 Å². The fraction of sp³-hybridized carbons (Fsp3) is 0.812. The zero-order chi connectivity index (χ0) is 16.8. The van der Waals surface area contributed by atoms with E-state index in [4.69, 9.17) is 0 Å². The molecular formula is C16H36N2OSi2. The van der Waals surface area contributed by atoms with Gasteiger partial charge in [-0.05, 0) is 12.8 Å². The Bertz CT molecular complexity index is 351. The lowest BCUT2D eigenvalue weighted by molar-refractivity contribution is -0.123. The average molecular weight is 329 g/mol. The number of likely N-dealkylation sites (N-methyl/N-ethyl adjacent to an activating group) is 1.